The van der Waals surface area contributed by atoms with E-state index in [1.54, 1.807) is 11.3 Å². The Kier molecular flexibility index (Phi) is 4.59. The molecule has 0 radical (unpaired) electrons. The molecule has 1 aromatic rings. The van der Waals surface area contributed by atoms with E-state index in [0.717, 1.165) is 0 Å². The van der Waals surface area contributed by atoms with Crippen LogP contribution in [0, 0.1) is 11.8 Å². The number of nitrogens with zero attached hydrogens (tertiary/aromatic N) is 1. The fraction of sp³-hybridized carbons (Fsp3) is 0. The largest absolute Gasteiger partial charge is 0.202 e. The summed E-state index contributed by atoms with van der Waals surface area (Å²) in [5.41, 5.74) is 0. The molecule has 0 spiro atoms. The number of thiophene rings is 1. The summed E-state index contributed by atoms with van der Waals surface area (Å²) in [6.45, 7) is 3.50. The van der Waals surface area contributed by atoms with Gasteiger partial charge >= 0.3 is 0 Å². The minimum absolute atomic E-state index is 1.71. The molecule has 0 aliphatic rings. The van der Waals surface area contributed by atoms with Crippen molar-refractivity contribution in [3.05, 3.63) is 22.9 Å². The molecule has 0 bridgehead atoms. The highest BCUT2D eigenvalue weighted by atomic mass is 32.1. The second kappa shape index (κ2) is 5.19. The van der Waals surface area contributed by atoms with Crippen molar-refractivity contribution in [3.63, 3.8) is 0 Å². The minimum atomic E-state index is 1.71. The monoisotopic (exact) mass is 111 g/mol. The zero-order chi connectivity index (χ0) is 5.54. The average molecular weight is 111 g/mol. The maximum atomic E-state index is 6.50. The first-order valence-corrected chi connectivity index (χ1v) is 2.67. The van der Waals surface area contributed by atoms with Gasteiger partial charge < -0.3 is 0 Å². The van der Waals surface area contributed by atoms with E-state index in [4.69, 9.17) is 5.26 Å². The molecular weight excluding hydrogens is 106 g/mol. The summed E-state index contributed by atoms with van der Waals surface area (Å²) in [6, 6.07) is 4.04. The van der Waals surface area contributed by atoms with Gasteiger partial charge in [-0.2, -0.15) is 11.3 Å². The Labute approximate surface area is 46.8 Å². The molecule has 1 rings (SSSR count). The maximum Gasteiger partial charge on any atom is 0.0462 e. The summed E-state index contributed by atoms with van der Waals surface area (Å²) in [7, 11) is 0. The molecule has 0 aromatic carbocycles. The SMILES string of the molecule is C#N.c1ccsc1. The van der Waals surface area contributed by atoms with Crippen molar-refractivity contribution in [2.24, 2.45) is 0 Å². The Hall–Kier alpha value is -0.810. The Balaban J connectivity index is 0.000000162. The summed E-state index contributed by atoms with van der Waals surface area (Å²) in [5, 5.41) is 10.6. The van der Waals surface area contributed by atoms with Crippen molar-refractivity contribution in [2.75, 3.05) is 0 Å². The minimum Gasteiger partial charge on any atom is -0.202 e. The number of nitriles is 1. The summed E-state index contributed by atoms with van der Waals surface area (Å²) in [4.78, 5) is 0. The Morgan fingerprint density at radius 3 is 1.71 bits per heavy atom. The van der Waals surface area contributed by atoms with E-state index in [1.165, 1.54) is 0 Å². The molecule has 7 heavy (non-hydrogen) atoms. The van der Waals surface area contributed by atoms with E-state index in [0.29, 0.717) is 0 Å². The van der Waals surface area contributed by atoms with E-state index in [1.807, 2.05) is 22.9 Å². The first-order valence-electron chi connectivity index (χ1n) is 1.73. The molecule has 36 valence electrons. The highest BCUT2D eigenvalue weighted by molar-refractivity contribution is 7.07. The smallest absolute Gasteiger partial charge is 0.0462 e. The first-order chi connectivity index (χ1) is 3.50. The third kappa shape index (κ3) is 3.01. The lowest BCUT2D eigenvalue weighted by molar-refractivity contribution is 1.58. The lowest BCUT2D eigenvalue weighted by atomic mass is 10.7. The summed E-state index contributed by atoms with van der Waals surface area (Å²) in [6.07, 6.45) is 0. The molecule has 1 nitrogen and oxygen atoms in total. The van der Waals surface area contributed by atoms with Gasteiger partial charge in [0.25, 0.3) is 0 Å². The van der Waals surface area contributed by atoms with Crippen molar-refractivity contribution in [3.8, 4) is 6.57 Å². The van der Waals surface area contributed by atoms with Crippen molar-refractivity contribution < 1.29 is 0 Å². The second-order valence-electron chi connectivity index (χ2n) is 0.793. The molecule has 2 heteroatoms. The van der Waals surface area contributed by atoms with E-state index in [-0.39, 0.29) is 0 Å². The van der Waals surface area contributed by atoms with E-state index >= 15 is 0 Å². The van der Waals surface area contributed by atoms with Gasteiger partial charge in [0.2, 0.25) is 0 Å². The standard InChI is InChI=1S/C4H4S.CHN/c1-2-4-5-3-1;1-2/h1-4H;1H. The Morgan fingerprint density at radius 1 is 1.14 bits per heavy atom. The van der Waals surface area contributed by atoms with Gasteiger partial charge in [0.15, 0.2) is 0 Å². The van der Waals surface area contributed by atoms with Crippen LogP contribution in [-0.2, 0) is 0 Å². The zero-order valence-electron chi connectivity index (χ0n) is 3.74. The molecule has 0 N–H and O–H groups in total. The molecule has 0 aliphatic carbocycles. The third-order valence-corrected chi connectivity index (χ3v) is 1.05. The number of hydrogen-bond donors (Lipinski definition) is 0. The van der Waals surface area contributed by atoms with Crippen molar-refractivity contribution in [2.45, 2.75) is 0 Å². The van der Waals surface area contributed by atoms with Crippen LogP contribution in [0.2, 0.25) is 0 Å². The molecule has 0 aliphatic heterocycles. The van der Waals surface area contributed by atoms with Crippen LogP contribution in [-0.4, -0.2) is 0 Å². The summed E-state index contributed by atoms with van der Waals surface area (Å²) in [5.74, 6) is 0. The Bertz CT molecular complexity index is 91.7. The zero-order valence-corrected chi connectivity index (χ0v) is 4.56. The molecule has 0 amide bonds. The van der Waals surface area contributed by atoms with Crippen LogP contribution in [0.1, 0.15) is 0 Å². The lowest BCUT2D eigenvalue weighted by Gasteiger charge is -1.39. The predicted octanol–water partition coefficient (Wildman–Crippen LogP) is 1.89. The van der Waals surface area contributed by atoms with Crippen LogP contribution >= 0.6 is 11.3 Å². The van der Waals surface area contributed by atoms with Crippen LogP contribution in [0.4, 0.5) is 0 Å². The highest BCUT2D eigenvalue weighted by Gasteiger charge is 1.58. The van der Waals surface area contributed by atoms with Crippen LogP contribution in [0.25, 0.3) is 0 Å². The van der Waals surface area contributed by atoms with Crippen molar-refractivity contribution >= 4 is 11.3 Å². The summed E-state index contributed by atoms with van der Waals surface area (Å²) >= 11 is 1.71. The highest BCUT2D eigenvalue weighted by Crippen LogP contribution is 1.91. The van der Waals surface area contributed by atoms with E-state index in [2.05, 4.69) is 6.57 Å². The fourth-order valence-corrected chi connectivity index (χ4v) is 0.680. The van der Waals surface area contributed by atoms with Crippen molar-refractivity contribution in [1.29, 1.82) is 5.26 Å². The van der Waals surface area contributed by atoms with Gasteiger partial charge in [-0.1, -0.05) is 12.1 Å². The fourth-order valence-electron chi connectivity index (χ4n) is 0.227. The van der Waals surface area contributed by atoms with Crippen LogP contribution in [0.5, 0.6) is 0 Å². The normalized spacial score (nSPS) is 6.00. The van der Waals surface area contributed by atoms with Gasteiger partial charge in [-0.3, -0.25) is 0 Å². The molecule has 1 heterocycles. The lowest BCUT2D eigenvalue weighted by Crippen LogP contribution is -1.16. The molecule has 0 saturated heterocycles. The molecule has 0 saturated carbocycles. The van der Waals surface area contributed by atoms with E-state index < -0.39 is 0 Å². The summed E-state index contributed by atoms with van der Waals surface area (Å²) < 4.78 is 0. The molecule has 0 unspecified atom stereocenters. The number of rotatable bonds is 0. The van der Waals surface area contributed by atoms with Gasteiger partial charge in [-0.25, -0.2) is 5.26 Å². The molecule has 0 atom stereocenters. The Morgan fingerprint density at radius 2 is 1.57 bits per heavy atom. The average Bonchev–Trinajstić information content (AvgIpc) is 2.23. The topological polar surface area (TPSA) is 23.8 Å². The van der Waals surface area contributed by atoms with Gasteiger partial charge in [0, 0.05) is 6.57 Å². The molecule has 0 fully saturated rings. The van der Waals surface area contributed by atoms with E-state index in [9.17, 15) is 0 Å². The third-order valence-electron chi connectivity index (χ3n) is 0.425. The predicted molar refractivity (Wildman–Crippen MR) is 31.0 cm³/mol. The van der Waals surface area contributed by atoms with Crippen LogP contribution < -0.4 is 0 Å². The van der Waals surface area contributed by atoms with Crippen LogP contribution in [0.15, 0.2) is 22.9 Å². The van der Waals surface area contributed by atoms with Crippen LogP contribution in [0.3, 0.4) is 0 Å². The maximum absolute atomic E-state index is 6.50. The van der Waals surface area contributed by atoms with Gasteiger partial charge in [-0.05, 0) is 10.8 Å². The molecular formula is C5H5NS. The quantitative estimate of drug-likeness (QED) is 0.501. The first kappa shape index (κ1) is 6.19. The second-order valence-corrected chi connectivity index (χ2v) is 1.61. The number of hydrogen-bond acceptors (Lipinski definition) is 2. The van der Waals surface area contributed by atoms with Gasteiger partial charge in [0.1, 0.15) is 0 Å². The van der Waals surface area contributed by atoms with Crippen molar-refractivity contribution in [1.82, 2.24) is 0 Å². The molecule has 1 aromatic heterocycles. The van der Waals surface area contributed by atoms with Gasteiger partial charge in [-0.15, -0.1) is 0 Å². The van der Waals surface area contributed by atoms with Gasteiger partial charge in [0.05, 0.1) is 0 Å².